The van der Waals surface area contributed by atoms with E-state index in [0.717, 1.165) is 66.5 Å². The van der Waals surface area contributed by atoms with Crippen molar-refractivity contribution in [3.63, 3.8) is 0 Å². The van der Waals surface area contributed by atoms with Gasteiger partial charge in [0.1, 0.15) is 35.3 Å². The Balaban J connectivity index is 0.000000146. The van der Waals surface area contributed by atoms with Crippen LogP contribution in [0.5, 0.6) is 0 Å². The second-order valence-electron chi connectivity index (χ2n) is 12.9. The minimum atomic E-state index is -0.287. The van der Waals surface area contributed by atoms with Crippen LogP contribution in [0, 0.1) is 34.3 Å². The summed E-state index contributed by atoms with van der Waals surface area (Å²) in [6.45, 7) is 0. The highest BCUT2D eigenvalue weighted by Gasteiger charge is 2.16. The molecule has 12 heteroatoms. The van der Waals surface area contributed by atoms with E-state index in [1.54, 1.807) is 25.0 Å². The molecule has 0 fully saturated rings. The summed E-state index contributed by atoms with van der Waals surface area (Å²) in [7, 11) is 0. The molecule has 0 radical (unpaired) electrons. The molecular weight excluding hydrogens is 743 g/mol. The molecule has 0 aliphatic carbocycles. The van der Waals surface area contributed by atoms with Crippen molar-refractivity contribution in [2.45, 2.75) is 12.8 Å². The molecule has 0 amide bonds. The summed E-state index contributed by atoms with van der Waals surface area (Å²) in [5.41, 5.74) is 11.0. The first-order valence-electron chi connectivity index (χ1n) is 17.4. The van der Waals surface area contributed by atoms with Crippen LogP contribution in [0.25, 0.3) is 77.5 Å². The maximum absolute atomic E-state index is 14.7. The summed E-state index contributed by atoms with van der Waals surface area (Å²) < 4.78 is 33.3. The van der Waals surface area contributed by atoms with Gasteiger partial charge in [-0.3, -0.25) is 19.1 Å². The van der Waals surface area contributed by atoms with Gasteiger partial charge in [-0.1, -0.05) is 24.3 Å². The Morgan fingerprint density at radius 1 is 0.536 bits per heavy atom. The number of imidazole rings is 2. The molecule has 0 unspecified atom stereocenters. The Morgan fingerprint density at radius 3 is 1.34 bits per heavy atom. The first kappa shape index (κ1) is 34.6. The number of halogens is 2. The largest absolute Gasteiger partial charge is 0.298 e. The maximum Gasteiger partial charge on any atom is 0.133 e. The zero-order chi connectivity index (χ0) is 38.2. The van der Waals surface area contributed by atoms with Gasteiger partial charge in [-0.2, -0.15) is 33.2 Å². The van der Waals surface area contributed by atoms with Gasteiger partial charge in [-0.05, 0) is 92.3 Å². The lowest BCUT2D eigenvalue weighted by molar-refractivity contribution is 0.632. The number of hydrogen-bond acceptors (Lipinski definition) is 8. The second kappa shape index (κ2) is 14.6. The minimum absolute atomic E-state index is 0.287. The molecule has 0 aliphatic heterocycles. The van der Waals surface area contributed by atoms with E-state index in [1.807, 2.05) is 103 Å². The molecule has 10 aromatic rings. The van der Waals surface area contributed by atoms with E-state index in [4.69, 9.17) is 10.5 Å². The van der Waals surface area contributed by atoms with Gasteiger partial charge in [-0.15, -0.1) is 0 Å². The topological polar surface area (TPSA) is 109 Å². The molecule has 6 heterocycles. The Hall–Kier alpha value is -7.12. The van der Waals surface area contributed by atoms with Gasteiger partial charge in [0.2, 0.25) is 0 Å². The molecule has 6 aromatic heterocycles. The maximum atomic E-state index is 14.7. The summed E-state index contributed by atoms with van der Waals surface area (Å²) in [6, 6.07) is 30.4. The number of pyridine rings is 2. The van der Waals surface area contributed by atoms with Crippen LogP contribution < -0.4 is 0 Å². The lowest BCUT2D eigenvalue weighted by Crippen LogP contribution is -1.95. The summed E-state index contributed by atoms with van der Waals surface area (Å²) in [6.07, 6.45) is 7.59. The van der Waals surface area contributed by atoms with E-state index < -0.39 is 0 Å². The lowest BCUT2D eigenvalue weighted by atomic mass is 10.0. The zero-order valence-corrected chi connectivity index (χ0v) is 30.9. The number of fused-ring (bicyclic) bond motifs is 6. The van der Waals surface area contributed by atoms with Crippen LogP contribution in [0.2, 0.25) is 0 Å². The van der Waals surface area contributed by atoms with Gasteiger partial charge in [0, 0.05) is 45.4 Å². The lowest BCUT2D eigenvalue weighted by Gasteiger charge is -2.09. The monoisotopic (exact) mass is 768 g/mol. The van der Waals surface area contributed by atoms with Gasteiger partial charge < -0.3 is 0 Å². The fourth-order valence-corrected chi connectivity index (χ4v) is 8.14. The number of benzene rings is 4. The molecule has 0 aliphatic rings. The van der Waals surface area contributed by atoms with Crippen molar-refractivity contribution in [2.75, 3.05) is 0 Å². The van der Waals surface area contributed by atoms with Crippen LogP contribution >= 0.6 is 22.7 Å². The van der Waals surface area contributed by atoms with Crippen molar-refractivity contribution in [2.24, 2.45) is 0 Å². The van der Waals surface area contributed by atoms with Crippen LogP contribution in [0.15, 0.2) is 131 Å². The second-order valence-corrected chi connectivity index (χ2v) is 14.5. The van der Waals surface area contributed by atoms with Crippen LogP contribution in [-0.4, -0.2) is 29.1 Å². The third-order valence-electron chi connectivity index (χ3n) is 9.58. The normalized spacial score (nSPS) is 11.1. The first-order chi connectivity index (χ1) is 27.5. The minimum Gasteiger partial charge on any atom is -0.298 e. The number of hydrogen-bond donors (Lipinski definition) is 0. The predicted molar refractivity (Wildman–Crippen MR) is 218 cm³/mol. The fourth-order valence-electron chi connectivity index (χ4n) is 6.83. The van der Waals surface area contributed by atoms with Gasteiger partial charge in [0.15, 0.2) is 0 Å². The summed E-state index contributed by atoms with van der Waals surface area (Å²) >= 11 is 3.07. The van der Waals surface area contributed by atoms with Crippen molar-refractivity contribution < 1.29 is 8.78 Å². The molecule has 8 nitrogen and oxygen atoms in total. The highest BCUT2D eigenvalue weighted by atomic mass is 32.1. The van der Waals surface area contributed by atoms with Crippen molar-refractivity contribution in [3.8, 4) is 45.8 Å². The average molecular weight is 769 g/mol. The molecule has 10 rings (SSSR count). The summed E-state index contributed by atoms with van der Waals surface area (Å²) in [4.78, 5) is 17.7. The number of aromatic nitrogens is 6. The first-order valence-corrected chi connectivity index (χ1v) is 19.3. The average Bonchev–Trinajstić information content (AvgIpc) is 4.06. The number of nitrogens with zero attached hydrogens (tertiary/aromatic N) is 8. The van der Waals surface area contributed by atoms with Crippen LogP contribution in [0.4, 0.5) is 8.78 Å². The van der Waals surface area contributed by atoms with Crippen LogP contribution in [-0.2, 0) is 12.8 Å². The third-order valence-corrected chi connectivity index (χ3v) is 11.0. The van der Waals surface area contributed by atoms with E-state index in [-0.39, 0.29) is 11.6 Å². The third kappa shape index (κ3) is 6.33. The van der Waals surface area contributed by atoms with E-state index in [0.29, 0.717) is 35.0 Å². The van der Waals surface area contributed by atoms with Crippen LogP contribution in [0.1, 0.15) is 11.1 Å². The molecule has 56 heavy (non-hydrogen) atoms. The quantitative estimate of drug-likeness (QED) is 0.167. The Labute approximate surface area is 326 Å². The molecular formula is C44H26F2N8S2. The van der Waals surface area contributed by atoms with Crippen molar-refractivity contribution in [1.29, 1.82) is 10.5 Å². The van der Waals surface area contributed by atoms with E-state index in [1.165, 1.54) is 34.8 Å². The van der Waals surface area contributed by atoms with Crippen molar-refractivity contribution in [3.05, 3.63) is 154 Å². The SMILES string of the molecule is N#CCc1ccc(-n2cnc3cnc4cc(F)c(-c5ccsc5)cc4c32)cc1.N#CCc1ccc(-n2cnc3cnc4cc(F)c(-c5ccsc5)cc4c32)cc1. The summed E-state index contributed by atoms with van der Waals surface area (Å²) in [5.74, 6) is -0.575. The predicted octanol–water partition coefficient (Wildman–Crippen LogP) is 11.0. The highest BCUT2D eigenvalue weighted by molar-refractivity contribution is 7.08. The van der Waals surface area contributed by atoms with E-state index in [9.17, 15) is 8.78 Å². The smallest absolute Gasteiger partial charge is 0.133 e. The van der Waals surface area contributed by atoms with Gasteiger partial charge in [0.05, 0.1) is 59.4 Å². The Morgan fingerprint density at radius 2 is 0.964 bits per heavy atom. The zero-order valence-electron chi connectivity index (χ0n) is 29.3. The molecule has 0 atom stereocenters. The van der Waals surface area contributed by atoms with Gasteiger partial charge >= 0.3 is 0 Å². The number of rotatable bonds is 6. The molecule has 0 N–H and O–H groups in total. The van der Waals surface area contributed by atoms with Crippen LogP contribution in [0.3, 0.4) is 0 Å². The molecule has 268 valence electrons. The van der Waals surface area contributed by atoms with E-state index >= 15 is 0 Å². The highest BCUT2D eigenvalue weighted by Crippen LogP contribution is 2.34. The Bertz CT molecular complexity index is 2910. The Kier molecular flexibility index (Phi) is 9.03. The number of thiophene rings is 2. The standard InChI is InChI=1S/2C22H13FN4S/c2*23-19-10-20-18(9-17(19)15-6-8-28-12-15)22-21(11-25-20)26-13-27(22)16-3-1-14(2-4-16)5-7-24/h2*1-4,6,8-13H,5H2. The van der Waals surface area contributed by atoms with Crippen molar-refractivity contribution >= 4 is 66.5 Å². The number of nitriles is 2. The molecule has 4 aromatic carbocycles. The van der Waals surface area contributed by atoms with E-state index in [2.05, 4.69) is 32.1 Å². The molecule has 0 spiro atoms. The summed E-state index contributed by atoms with van der Waals surface area (Å²) in [5, 5.41) is 27.1. The molecule has 0 saturated heterocycles. The van der Waals surface area contributed by atoms with Gasteiger partial charge in [0.25, 0.3) is 0 Å². The van der Waals surface area contributed by atoms with Gasteiger partial charge in [-0.25, -0.2) is 18.7 Å². The molecule has 0 saturated carbocycles. The van der Waals surface area contributed by atoms with Crippen molar-refractivity contribution in [1.82, 2.24) is 29.1 Å². The molecule has 0 bridgehead atoms. The fraction of sp³-hybridized carbons (Fsp3) is 0.0455.